The fourth-order valence-corrected chi connectivity index (χ4v) is 1.66. The highest BCUT2D eigenvalue weighted by molar-refractivity contribution is 5.39. The second-order valence-corrected chi connectivity index (χ2v) is 4.14. The first-order valence-corrected chi connectivity index (χ1v) is 6.49. The molecule has 0 spiro atoms. The number of hydrogen-bond donors (Lipinski definition) is 1. The minimum Gasteiger partial charge on any atom is -0.490 e. The summed E-state index contributed by atoms with van der Waals surface area (Å²) in [4.78, 5) is 0. The summed E-state index contributed by atoms with van der Waals surface area (Å²) in [5, 5.41) is 8.65. The van der Waals surface area contributed by atoms with Gasteiger partial charge in [-0.15, -0.1) is 0 Å². The quantitative estimate of drug-likeness (QED) is 0.678. The Bertz CT molecular complexity index is 626. The smallest absolute Gasteiger partial charge is 0.123 e. The Morgan fingerprint density at radius 3 is 2.38 bits per heavy atom. The fraction of sp³-hybridized carbons (Fsp3) is 0.176. The van der Waals surface area contributed by atoms with Crippen molar-refractivity contribution in [3.05, 3.63) is 59.9 Å². The van der Waals surface area contributed by atoms with Gasteiger partial charge in [-0.2, -0.15) is 0 Å². The molecule has 0 atom stereocenters. The summed E-state index contributed by atoms with van der Waals surface area (Å²) in [5.41, 5.74) is 0.779. The first-order valence-electron chi connectivity index (χ1n) is 6.49. The Hall–Kier alpha value is -2.51. The van der Waals surface area contributed by atoms with Crippen LogP contribution in [0.4, 0.5) is 4.39 Å². The van der Waals surface area contributed by atoms with Gasteiger partial charge in [0.25, 0.3) is 0 Å². The second-order valence-electron chi connectivity index (χ2n) is 4.14. The maximum Gasteiger partial charge on any atom is 0.123 e. The summed E-state index contributed by atoms with van der Waals surface area (Å²) in [6, 6.07) is 13.1. The fourth-order valence-electron chi connectivity index (χ4n) is 1.66. The van der Waals surface area contributed by atoms with Crippen molar-refractivity contribution in [3.8, 4) is 23.3 Å². The second kappa shape index (κ2) is 7.93. The van der Waals surface area contributed by atoms with E-state index < -0.39 is 0 Å². The maximum absolute atomic E-state index is 12.7. The standard InChI is InChI=1S/C17H15FO3/c18-15-6-8-16(9-7-15)20-11-12-21-17-5-1-3-14(13-17)4-2-10-19/h1,3,5-9,13,19H,10-12H2. The molecule has 2 rings (SSSR count). The first-order chi connectivity index (χ1) is 10.3. The summed E-state index contributed by atoms with van der Waals surface area (Å²) in [5.74, 6) is 6.38. The predicted molar refractivity (Wildman–Crippen MR) is 77.8 cm³/mol. The summed E-state index contributed by atoms with van der Waals surface area (Å²) < 4.78 is 23.7. The lowest BCUT2D eigenvalue weighted by Gasteiger charge is -2.08. The molecule has 3 nitrogen and oxygen atoms in total. The van der Waals surface area contributed by atoms with Crippen LogP contribution >= 0.6 is 0 Å². The normalized spacial score (nSPS) is 9.62. The van der Waals surface area contributed by atoms with Crippen molar-refractivity contribution in [2.75, 3.05) is 19.8 Å². The molecule has 0 aliphatic rings. The van der Waals surface area contributed by atoms with Crippen LogP contribution in [-0.4, -0.2) is 24.9 Å². The average molecular weight is 286 g/mol. The Morgan fingerprint density at radius 2 is 1.67 bits per heavy atom. The molecule has 1 N–H and O–H groups in total. The van der Waals surface area contributed by atoms with Gasteiger partial charge in [0.05, 0.1) is 0 Å². The zero-order valence-corrected chi connectivity index (χ0v) is 11.4. The molecule has 21 heavy (non-hydrogen) atoms. The molecule has 2 aromatic carbocycles. The van der Waals surface area contributed by atoms with Crippen LogP contribution in [0.2, 0.25) is 0 Å². The zero-order valence-electron chi connectivity index (χ0n) is 11.4. The van der Waals surface area contributed by atoms with E-state index in [0.717, 1.165) is 5.56 Å². The van der Waals surface area contributed by atoms with E-state index in [1.54, 1.807) is 18.2 Å². The molecule has 0 aromatic heterocycles. The molecule has 2 aromatic rings. The molecular weight excluding hydrogens is 271 g/mol. The molecule has 0 bridgehead atoms. The van der Waals surface area contributed by atoms with Gasteiger partial charge in [0, 0.05) is 5.56 Å². The molecule has 0 saturated carbocycles. The topological polar surface area (TPSA) is 38.7 Å². The summed E-state index contributed by atoms with van der Waals surface area (Å²) in [6.07, 6.45) is 0. The minimum absolute atomic E-state index is 0.170. The van der Waals surface area contributed by atoms with Gasteiger partial charge in [0.2, 0.25) is 0 Å². The number of aliphatic hydroxyl groups excluding tert-OH is 1. The van der Waals surface area contributed by atoms with Crippen LogP contribution in [0.3, 0.4) is 0 Å². The van der Waals surface area contributed by atoms with Gasteiger partial charge >= 0.3 is 0 Å². The van der Waals surface area contributed by atoms with Crippen molar-refractivity contribution in [1.82, 2.24) is 0 Å². The summed E-state index contributed by atoms with van der Waals surface area (Å²) in [6.45, 7) is 0.559. The lowest BCUT2D eigenvalue weighted by atomic mass is 10.2. The maximum atomic E-state index is 12.7. The lowest BCUT2D eigenvalue weighted by molar-refractivity contribution is 0.217. The van der Waals surface area contributed by atoms with Crippen molar-refractivity contribution >= 4 is 0 Å². The van der Waals surface area contributed by atoms with Gasteiger partial charge in [-0.3, -0.25) is 0 Å². The Labute approximate surface area is 122 Å². The largest absolute Gasteiger partial charge is 0.490 e. The highest BCUT2D eigenvalue weighted by Crippen LogP contribution is 2.13. The molecule has 0 saturated heterocycles. The van der Waals surface area contributed by atoms with Crippen molar-refractivity contribution in [2.45, 2.75) is 0 Å². The Balaban J connectivity index is 1.79. The number of hydrogen-bond acceptors (Lipinski definition) is 3. The summed E-state index contributed by atoms with van der Waals surface area (Å²) in [7, 11) is 0. The van der Waals surface area contributed by atoms with E-state index in [2.05, 4.69) is 11.8 Å². The minimum atomic E-state index is -0.292. The number of aliphatic hydroxyl groups is 1. The van der Waals surface area contributed by atoms with Gasteiger partial charge in [-0.05, 0) is 42.5 Å². The Kier molecular flexibility index (Phi) is 5.62. The molecule has 0 heterocycles. The summed E-state index contributed by atoms with van der Waals surface area (Å²) >= 11 is 0. The third kappa shape index (κ3) is 5.17. The SMILES string of the molecule is OCC#Cc1cccc(OCCOc2ccc(F)cc2)c1. The first kappa shape index (κ1) is 14.9. The molecule has 0 amide bonds. The third-order valence-electron chi connectivity index (χ3n) is 2.58. The van der Waals surface area contributed by atoms with E-state index in [-0.39, 0.29) is 12.4 Å². The highest BCUT2D eigenvalue weighted by atomic mass is 19.1. The van der Waals surface area contributed by atoms with Crippen molar-refractivity contribution < 1.29 is 19.0 Å². The van der Waals surface area contributed by atoms with E-state index in [1.165, 1.54) is 12.1 Å². The zero-order chi connectivity index (χ0) is 14.9. The van der Waals surface area contributed by atoms with Gasteiger partial charge in [-0.25, -0.2) is 4.39 Å². The van der Waals surface area contributed by atoms with Gasteiger partial charge < -0.3 is 14.6 Å². The van der Waals surface area contributed by atoms with Gasteiger partial charge in [-0.1, -0.05) is 17.9 Å². The number of rotatable bonds is 5. The van der Waals surface area contributed by atoms with Crippen molar-refractivity contribution in [3.63, 3.8) is 0 Å². The molecule has 0 aliphatic carbocycles. The monoisotopic (exact) mass is 286 g/mol. The van der Waals surface area contributed by atoms with Crippen LogP contribution in [0.1, 0.15) is 5.56 Å². The van der Waals surface area contributed by atoms with Gasteiger partial charge in [0.15, 0.2) is 0 Å². The highest BCUT2D eigenvalue weighted by Gasteiger charge is 1.97. The molecular formula is C17H15FO3. The molecule has 0 aliphatic heterocycles. The van der Waals surface area contributed by atoms with Crippen LogP contribution in [-0.2, 0) is 0 Å². The van der Waals surface area contributed by atoms with E-state index >= 15 is 0 Å². The predicted octanol–water partition coefficient (Wildman–Crippen LogP) is 2.63. The van der Waals surface area contributed by atoms with Gasteiger partial charge in [0.1, 0.15) is 37.1 Å². The molecule has 4 heteroatoms. The van der Waals surface area contributed by atoms with Crippen LogP contribution in [0.5, 0.6) is 11.5 Å². The van der Waals surface area contributed by atoms with Crippen LogP contribution < -0.4 is 9.47 Å². The van der Waals surface area contributed by atoms with Crippen LogP contribution in [0, 0.1) is 17.7 Å². The number of benzene rings is 2. The number of halogens is 1. The average Bonchev–Trinajstić information content (AvgIpc) is 2.52. The van der Waals surface area contributed by atoms with E-state index in [4.69, 9.17) is 14.6 Å². The molecule has 0 radical (unpaired) electrons. The molecule has 0 unspecified atom stereocenters. The Morgan fingerprint density at radius 1 is 0.952 bits per heavy atom. The lowest BCUT2D eigenvalue weighted by Crippen LogP contribution is -2.09. The number of ether oxygens (including phenoxy) is 2. The van der Waals surface area contributed by atoms with Crippen LogP contribution in [0.15, 0.2) is 48.5 Å². The van der Waals surface area contributed by atoms with E-state index in [0.29, 0.717) is 24.7 Å². The van der Waals surface area contributed by atoms with E-state index in [1.807, 2.05) is 18.2 Å². The van der Waals surface area contributed by atoms with E-state index in [9.17, 15) is 4.39 Å². The van der Waals surface area contributed by atoms with Crippen molar-refractivity contribution in [1.29, 1.82) is 0 Å². The van der Waals surface area contributed by atoms with Crippen LogP contribution in [0.25, 0.3) is 0 Å². The third-order valence-corrected chi connectivity index (χ3v) is 2.58. The molecule has 108 valence electrons. The van der Waals surface area contributed by atoms with Crippen molar-refractivity contribution in [2.24, 2.45) is 0 Å². The molecule has 0 fully saturated rings.